The predicted octanol–water partition coefficient (Wildman–Crippen LogP) is 3.98. The van der Waals surface area contributed by atoms with Crippen molar-refractivity contribution in [3.63, 3.8) is 0 Å². The highest BCUT2D eigenvalue weighted by Gasteiger charge is 2.12. The Morgan fingerprint density at radius 1 is 0.957 bits per heavy atom. The second-order valence-corrected chi connectivity index (χ2v) is 4.72. The van der Waals surface area contributed by atoms with Crippen LogP contribution in [0.5, 0.6) is 23.0 Å². The van der Waals surface area contributed by atoms with Crippen LogP contribution in [-0.4, -0.2) is 14.2 Å². The molecular weight excluding hydrogens is 292 g/mol. The summed E-state index contributed by atoms with van der Waals surface area (Å²) in [7, 11) is 3.10. The smallest absolute Gasteiger partial charge is 0.239 e. The van der Waals surface area contributed by atoms with E-state index >= 15 is 0 Å². The second kappa shape index (κ2) is 7.72. The molecule has 5 heteroatoms. The van der Waals surface area contributed by atoms with Crippen LogP contribution in [0.2, 0.25) is 0 Å². The lowest BCUT2D eigenvalue weighted by molar-refractivity contribution is 0.356. The van der Waals surface area contributed by atoms with Gasteiger partial charge in [0.1, 0.15) is 0 Å². The molecule has 2 rings (SSSR count). The summed E-state index contributed by atoms with van der Waals surface area (Å²) in [6, 6.07) is 12.8. The largest absolute Gasteiger partial charge is 0.493 e. The normalized spacial score (nSPS) is 9.57. The molecule has 116 valence electrons. The first-order chi connectivity index (χ1) is 11.2. The molecule has 0 heterocycles. The molecule has 5 nitrogen and oxygen atoms in total. The van der Waals surface area contributed by atoms with Gasteiger partial charge in [0, 0.05) is 5.56 Å². The molecule has 0 atom stereocenters. The second-order valence-electron chi connectivity index (χ2n) is 4.72. The van der Waals surface area contributed by atoms with E-state index in [2.05, 4.69) is 10.9 Å². The van der Waals surface area contributed by atoms with Crippen LogP contribution >= 0.6 is 0 Å². The summed E-state index contributed by atoms with van der Waals surface area (Å²) in [6.45, 7) is 7.22. The molecule has 0 fully saturated rings. The summed E-state index contributed by atoms with van der Waals surface area (Å²) >= 11 is 0. The Hall–Kier alpha value is -3.18. The van der Waals surface area contributed by atoms with E-state index in [1.807, 2.05) is 12.1 Å². The summed E-state index contributed by atoms with van der Waals surface area (Å²) in [5.41, 5.74) is 1.72. The average Bonchev–Trinajstić information content (AvgIpc) is 2.57. The van der Waals surface area contributed by atoms with Crippen LogP contribution in [0.25, 0.3) is 4.85 Å². The summed E-state index contributed by atoms with van der Waals surface area (Å²) in [5.74, 6) is 2.16. The lowest BCUT2D eigenvalue weighted by atomic mass is 10.1. The van der Waals surface area contributed by atoms with Crippen LogP contribution in [0.3, 0.4) is 0 Å². The van der Waals surface area contributed by atoms with Gasteiger partial charge in [0.25, 0.3) is 0 Å². The zero-order valence-electron chi connectivity index (χ0n) is 13.0. The van der Waals surface area contributed by atoms with E-state index in [0.29, 0.717) is 36.0 Å². The maximum atomic E-state index is 8.77. The number of rotatable bonds is 6. The SMILES string of the molecule is [C-]#[N+]Cc1ccc(Oc2ccc(CC#N)cc2OC)c(OC)c1. The van der Waals surface area contributed by atoms with Crippen LogP contribution in [0.4, 0.5) is 0 Å². The van der Waals surface area contributed by atoms with Crippen molar-refractivity contribution in [2.45, 2.75) is 13.0 Å². The fraction of sp³-hybridized carbons (Fsp3) is 0.222. The van der Waals surface area contributed by atoms with Crippen LogP contribution in [0, 0.1) is 17.9 Å². The zero-order valence-corrected chi connectivity index (χ0v) is 13.0. The number of nitriles is 1. The van der Waals surface area contributed by atoms with Gasteiger partial charge >= 0.3 is 0 Å². The molecule has 0 aliphatic heterocycles. The number of hydrogen-bond donors (Lipinski definition) is 0. The van der Waals surface area contributed by atoms with Crippen LogP contribution in [-0.2, 0) is 13.0 Å². The first-order valence-corrected chi connectivity index (χ1v) is 6.93. The van der Waals surface area contributed by atoms with Gasteiger partial charge in [0.2, 0.25) is 6.54 Å². The van der Waals surface area contributed by atoms with Gasteiger partial charge in [0.05, 0.1) is 26.7 Å². The highest BCUT2D eigenvalue weighted by molar-refractivity contribution is 5.50. The van der Waals surface area contributed by atoms with Crippen molar-refractivity contribution >= 4 is 0 Å². The molecular formula is C18H16N2O3. The summed E-state index contributed by atoms with van der Waals surface area (Å²) in [6.07, 6.45) is 0.311. The molecule has 0 radical (unpaired) electrons. The third-order valence-electron chi connectivity index (χ3n) is 3.22. The molecule has 0 bridgehead atoms. The van der Waals surface area contributed by atoms with E-state index in [1.165, 1.54) is 0 Å². The first-order valence-electron chi connectivity index (χ1n) is 6.93. The van der Waals surface area contributed by atoms with E-state index in [9.17, 15) is 0 Å². The Kier molecular flexibility index (Phi) is 5.44. The van der Waals surface area contributed by atoms with Gasteiger partial charge in [-0.1, -0.05) is 6.07 Å². The van der Waals surface area contributed by atoms with Gasteiger partial charge in [-0.15, -0.1) is 0 Å². The van der Waals surface area contributed by atoms with Crippen molar-refractivity contribution in [3.8, 4) is 29.1 Å². The first kappa shape index (κ1) is 16.2. The number of ether oxygens (including phenoxy) is 3. The minimum atomic E-state index is 0.294. The molecule has 0 unspecified atom stereocenters. The number of benzene rings is 2. The highest BCUT2D eigenvalue weighted by Crippen LogP contribution is 2.37. The number of hydrogen-bond acceptors (Lipinski definition) is 4. The topological polar surface area (TPSA) is 55.8 Å². The lowest BCUT2D eigenvalue weighted by Gasteiger charge is -2.14. The fourth-order valence-electron chi connectivity index (χ4n) is 2.10. The predicted molar refractivity (Wildman–Crippen MR) is 85.7 cm³/mol. The monoisotopic (exact) mass is 308 g/mol. The highest BCUT2D eigenvalue weighted by atomic mass is 16.5. The fourth-order valence-corrected chi connectivity index (χ4v) is 2.10. The van der Waals surface area contributed by atoms with Crippen LogP contribution in [0.15, 0.2) is 36.4 Å². The van der Waals surface area contributed by atoms with Gasteiger partial charge in [-0.25, -0.2) is 6.57 Å². The minimum absolute atomic E-state index is 0.294. The van der Waals surface area contributed by atoms with Crippen molar-refractivity contribution in [1.29, 1.82) is 5.26 Å². The van der Waals surface area contributed by atoms with Crippen molar-refractivity contribution in [3.05, 3.63) is 58.9 Å². The summed E-state index contributed by atoms with van der Waals surface area (Å²) in [4.78, 5) is 3.36. The minimum Gasteiger partial charge on any atom is -0.493 e. The molecule has 0 aromatic heterocycles. The maximum absolute atomic E-state index is 8.77. The Morgan fingerprint density at radius 3 is 2.04 bits per heavy atom. The van der Waals surface area contributed by atoms with Gasteiger partial charge in [0.15, 0.2) is 23.0 Å². The van der Waals surface area contributed by atoms with Crippen molar-refractivity contribution in [2.75, 3.05) is 14.2 Å². The molecule has 0 spiro atoms. The molecule has 2 aromatic carbocycles. The molecule has 0 saturated heterocycles. The van der Waals surface area contributed by atoms with Gasteiger partial charge in [-0.3, -0.25) is 0 Å². The van der Waals surface area contributed by atoms with Crippen molar-refractivity contribution in [1.82, 2.24) is 0 Å². The van der Waals surface area contributed by atoms with E-state index in [4.69, 9.17) is 26.0 Å². The average molecular weight is 308 g/mol. The van der Waals surface area contributed by atoms with Crippen LogP contribution < -0.4 is 14.2 Å². The van der Waals surface area contributed by atoms with Gasteiger partial charge < -0.3 is 19.1 Å². The third-order valence-corrected chi connectivity index (χ3v) is 3.22. The van der Waals surface area contributed by atoms with Crippen LogP contribution in [0.1, 0.15) is 11.1 Å². The molecule has 0 aliphatic carbocycles. The van der Waals surface area contributed by atoms with E-state index in [0.717, 1.165) is 11.1 Å². The third kappa shape index (κ3) is 3.93. The molecule has 0 saturated carbocycles. The van der Waals surface area contributed by atoms with Gasteiger partial charge in [-0.05, 0) is 35.9 Å². The molecule has 0 N–H and O–H groups in total. The molecule has 0 amide bonds. The van der Waals surface area contributed by atoms with E-state index in [1.54, 1.807) is 38.5 Å². The molecule has 23 heavy (non-hydrogen) atoms. The zero-order chi connectivity index (χ0) is 16.7. The van der Waals surface area contributed by atoms with E-state index < -0.39 is 0 Å². The van der Waals surface area contributed by atoms with Crippen molar-refractivity contribution < 1.29 is 14.2 Å². The Bertz CT molecular complexity index is 707. The lowest BCUT2D eigenvalue weighted by Crippen LogP contribution is -1.95. The number of methoxy groups -OCH3 is 2. The van der Waals surface area contributed by atoms with Gasteiger partial charge in [-0.2, -0.15) is 5.26 Å². The molecule has 0 aliphatic rings. The standard InChI is InChI=1S/C18H16N2O3/c1-20-12-14-5-7-16(18(11-14)22-3)23-15-6-4-13(8-9-19)10-17(15)21-2/h4-7,10-11H,8,12H2,2-3H3. The maximum Gasteiger partial charge on any atom is 0.239 e. The molecule has 2 aromatic rings. The van der Waals surface area contributed by atoms with E-state index in [-0.39, 0.29) is 0 Å². The summed E-state index contributed by atoms with van der Waals surface area (Å²) < 4.78 is 16.5. The van der Waals surface area contributed by atoms with Crippen molar-refractivity contribution in [2.24, 2.45) is 0 Å². The Labute approximate surface area is 135 Å². The Balaban J connectivity index is 2.32. The quantitative estimate of drug-likeness (QED) is 0.757. The Morgan fingerprint density at radius 2 is 1.52 bits per heavy atom. The number of nitrogens with zero attached hydrogens (tertiary/aromatic N) is 2. The summed E-state index contributed by atoms with van der Waals surface area (Å²) in [5, 5.41) is 8.77.